The zero-order valence-corrected chi connectivity index (χ0v) is 17.4. The van der Waals surface area contributed by atoms with Gasteiger partial charge in [-0.2, -0.15) is 0 Å². The molecule has 0 aliphatic carbocycles. The van der Waals surface area contributed by atoms with Gasteiger partial charge in [-0.1, -0.05) is 29.8 Å². The van der Waals surface area contributed by atoms with Crippen LogP contribution in [0.5, 0.6) is 0 Å². The van der Waals surface area contributed by atoms with Crippen molar-refractivity contribution < 1.29 is 4.79 Å². The number of halogens is 1. The lowest BCUT2D eigenvalue weighted by molar-refractivity contribution is 0.0715. The van der Waals surface area contributed by atoms with E-state index in [0.717, 1.165) is 18.4 Å². The Kier molecular flexibility index (Phi) is 5.21. The number of nitrogens with zero attached hydrogens (tertiary/aromatic N) is 6. The van der Waals surface area contributed by atoms with Gasteiger partial charge in [0.1, 0.15) is 5.15 Å². The maximum Gasteiger partial charge on any atom is 0.254 e. The molecule has 31 heavy (non-hydrogen) atoms. The summed E-state index contributed by atoms with van der Waals surface area (Å²) in [6.07, 6.45) is 10.2. The summed E-state index contributed by atoms with van der Waals surface area (Å²) in [6.45, 7) is 1.27. The highest BCUT2D eigenvalue weighted by atomic mass is 35.5. The third kappa shape index (κ3) is 3.82. The van der Waals surface area contributed by atoms with E-state index in [1.54, 1.807) is 41.5 Å². The summed E-state index contributed by atoms with van der Waals surface area (Å²) >= 11 is 6.17. The fourth-order valence-corrected chi connectivity index (χ4v) is 4.12. The summed E-state index contributed by atoms with van der Waals surface area (Å²) in [7, 11) is 0. The minimum Gasteiger partial charge on any atom is -0.362 e. The van der Waals surface area contributed by atoms with Crippen molar-refractivity contribution in [2.75, 3.05) is 18.4 Å². The van der Waals surface area contributed by atoms with Crippen LogP contribution in [0.4, 0.5) is 5.82 Å². The van der Waals surface area contributed by atoms with Crippen LogP contribution >= 0.6 is 11.6 Å². The summed E-state index contributed by atoms with van der Waals surface area (Å²) in [5.41, 5.74) is 2.01. The first-order valence-corrected chi connectivity index (χ1v) is 10.5. The van der Waals surface area contributed by atoms with E-state index in [1.807, 2.05) is 29.2 Å². The summed E-state index contributed by atoms with van der Waals surface area (Å²) in [5, 5.41) is 3.98. The first kappa shape index (κ1) is 19.4. The van der Waals surface area contributed by atoms with Gasteiger partial charge in [0.25, 0.3) is 5.91 Å². The van der Waals surface area contributed by atoms with Crippen LogP contribution in [-0.4, -0.2) is 54.3 Å². The number of hydrogen-bond acceptors (Lipinski definition) is 6. The largest absolute Gasteiger partial charge is 0.362 e. The summed E-state index contributed by atoms with van der Waals surface area (Å²) in [5.74, 6) is 1.18. The number of amides is 1. The number of imidazole rings is 1. The van der Waals surface area contributed by atoms with Gasteiger partial charge in [0.15, 0.2) is 17.3 Å². The van der Waals surface area contributed by atoms with Gasteiger partial charge in [-0.25, -0.2) is 19.9 Å². The van der Waals surface area contributed by atoms with Gasteiger partial charge >= 0.3 is 0 Å². The van der Waals surface area contributed by atoms with E-state index in [-0.39, 0.29) is 11.9 Å². The molecule has 0 radical (unpaired) electrons. The second-order valence-corrected chi connectivity index (χ2v) is 7.79. The van der Waals surface area contributed by atoms with Gasteiger partial charge in [0.2, 0.25) is 0 Å². The number of nitrogens with one attached hydrogen (secondary N) is 1. The molecule has 156 valence electrons. The van der Waals surface area contributed by atoms with Gasteiger partial charge < -0.3 is 10.2 Å². The highest BCUT2D eigenvalue weighted by molar-refractivity contribution is 6.29. The minimum absolute atomic E-state index is 0.0235. The molecule has 5 rings (SSSR count). The van der Waals surface area contributed by atoms with Crippen molar-refractivity contribution in [1.82, 2.24) is 29.2 Å². The Morgan fingerprint density at radius 3 is 2.77 bits per heavy atom. The van der Waals surface area contributed by atoms with Crippen LogP contribution < -0.4 is 5.32 Å². The zero-order chi connectivity index (χ0) is 21.2. The molecule has 0 saturated carbocycles. The highest BCUT2D eigenvalue weighted by Gasteiger charge is 2.27. The average molecular weight is 434 g/mol. The van der Waals surface area contributed by atoms with Crippen molar-refractivity contribution >= 4 is 29.0 Å². The molecule has 1 aromatic carbocycles. The molecule has 1 atom stereocenters. The maximum absolute atomic E-state index is 13.4. The van der Waals surface area contributed by atoms with Crippen molar-refractivity contribution in [1.29, 1.82) is 0 Å². The number of piperidine rings is 1. The molecule has 1 fully saturated rings. The summed E-state index contributed by atoms with van der Waals surface area (Å²) in [6, 6.07) is 9.30. The Hall–Kier alpha value is -3.52. The molecule has 9 heteroatoms. The quantitative estimate of drug-likeness (QED) is 0.529. The van der Waals surface area contributed by atoms with Crippen LogP contribution in [0.15, 0.2) is 61.3 Å². The normalized spacial score (nSPS) is 16.4. The van der Waals surface area contributed by atoms with Crippen LogP contribution in [0.25, 0.3) is 17.0 Å². The van der Waals surface area contributed by atoms with E-state index in [1.165, 1.54) is 0 Å². The topological polar surface area (TPSA) is 88.3 Å². The standard InChI is InChI=1S/C22H20ClN7O/c23-18-13-27-21-20(26-10-12-30(18)21)28-15-5-3-11-29(14-15)22(31)17-7-2-1-6-16(17)19-24-8-4-9-25-19/h1-2,4,6-10,12-13,15H,3,5,11,14H2,(H,26,28). The van der Waals surface area contributed by atoms with E-state index in [9.17, 15) is 4.79 Å². The molecular formula is C22H20ClN7O. The minimum atomic E-state index is -0.0235. The number of fused-ring (bicyclic) bond motifs is 1. The molecule has 8 nitrogen and oxygen atoms in total. The van der Waals surface area contributed by atoms with E-state index < -0.39 is 0 Å². The molecule has 1 N–H and O–H groups in total. The number of benzene rings is 1. The molecule has 1 saturated heterocycles. The Labute approximate surface area is 184 Å². The first-order chi connectivity index (χ1) is 15.2. The Morgan fingerprint density at radius 2 is 1.90 bits per heavy atom. The number of aromatic nitrogens is 5. The van der Waals surface area contributed by atoms with Gasteiger partial charge in [0, 0.05) is 49.5 Å². The molecule has 1 unspecified atom stereocenters. The lowest BCUT2D eigenvalue weighted by atomic mass is 10.0. The number of hydrogen-bond donors (Lipinski definition) is 1. The zero-order valence-electron chi connectivity index (χ0n) is 16.6. The van der Waals surface area contributed by atoms with Gasteiger partial charge in [-0.05, 0) is 25.0 Å². The molecule has 1 amide bonds. The van der Waals surface area contributed by atoms with Crippen molar-refractivity contribution in [3.8, 4) is 11.4 Å². The predicted octanol–water partition coefficient (Wildman–Crippen LogP) is 3.56. The van der Waals surface area contributed by atoms with E-state index in [2.05, 4.69) is 25.3 Å². The van der Waals surface area contributed by atoms with E-state index >= 15 is 0 Å². The monoisotopic (exact) mass is 433 g/mol. The summed E-state index contributed by atoms with van der Waals surface area (Å²) < 4.78 is 1.78. The summed E-state index contributed by atoms with van der Waals surface area (Å²) in [4.78, 5) is 32.7. The lowest BCUT2D eigenvalue weighted by Gasteiger charge is -2.33. The van der Waals surface area contributed by atoms with Crippen molar-refractivity contribution in [2.45, 2.75) is 18.9 Å². The molecule has 1 aliphatic rings. The van der Waals surface area contributed by atoms with Crippen molar-refractivity contribution in [3.05, 3.63) is 72.0 Å². The van der Waals surface area contributed by atoms with Crippen LogP contribution in [-0.2, 0) is 0 Å². The van der Waals surface area contributed by atoms with Crippen LogP contribution in [0.2, 0.25) is 5.15 Å². The van der Waals surface area contributed by atoms with Crippen molar-refractivity contribution in [3.63, 3.8) is 0 Å². The Balaban J connectivity index is 1.37. The van der Waals surface area contributed by atoms with Crippen molar-refractivity contribution in [2.24, 2.45) is 0 Å². The second-order valence-electron chi connectivity index (χ2n) is 7.40. The molecule has 0 bridgehead atoms. The van der Waals surface area contributed by atoms with Crippen LogP contribution in [0, 0.1) is 0 Å². The first-order valence-electron chi connectivity index (χ1n) is 10.1. The fourth-order valence-electron chi connectivity index (χ4n) is 3.94. The molecule has 4 aromatic rings. The van der Waals surface area contributed by atoms with Gasteiger partial charge in [-0.3, -0.25) is 9.20 Å². The Bertz CT molecular complexity index is 1230. The number of rotatable bonds is 4. The number of anilines is 1. The molecule has 0 spiro atoms. The van der Waals surface area contributed by atoms with E-state index in [0.29, 0.717) is 41.1 Å². The molecular weight excluding hydrogens is 414 g/mol. The third-order valence-electron chi connectivity index (χ3n) is 5.40. The SMILES string of the molecule is O=C(c1ccccc1-c1ncccn1)N1CCCC(Nc2nccn3c(Cl)cnc23)C1. The number of likely N-dealkylation sites (tertiary alicyclic amines) is 1. The predicted molar refractivity (Wildman–Crippen MR) is 118 cm³/mol. The smallest absolute Gasteiger partial charge is 0.254 e. The highest BCUT2D eigenvalue weighted by Crippen LogP contribution is 2.24. The number of carbonyl (C=O) groups excluding carboxylic acids is 1. The van der Waals surface area contributed by atoms with Gasteiger partial charge in [-0.15, -0.1) is 0 Å². The molecule has 1 aliphatic heterocycles. The number of carbonyl (C=O) groups is 1. The fraction of sp³-hybridized carbons (Fsp3) is 0.227. The lowest BCUT2D eigenvalue weighted by Crippen LogP contribution is -2.45. The molecule has 3 aromatic heterocycles. The molecule has 4 heterocycles. The Morgan fingerprint density at radius 1 is 1.06 bits per heavy atom. The third-order valence-corrected chi connectivity index (χ3v) is 5.68. The maximum atomic E-state index is 13.4. The van der Waals surface area contributed by atoms with Crippen LogP contribution in [0.3, 0.4) is 0 Å². The van der Waals surface area contributed by atoms with Crippen LogP contribution in [0.1, 0.15) is 23.2 Å². The van der Waals surface area contributed by atoms with Gasteiger partial charge in [0.05, 0.1) is 11.8 Å². The van der Waals surface area contributed by atoms with E-state index in [4.69, 9.17) is 11.6 Å². The average Bonchev–Trinajstić information content (AvgIpc) is 3.21. The second kappa shape index (κ2) is 8.31.